The standard InChI is InChI=1S/C8H15NO3S2/c10-6(11)9-8(3-1-2-4-8)5-12-7(13)14/h7,9,13-14H,1-5H2,(H,10,11). The van der Waals surface area contributed by atoms with E-state index < -0.39 is 16.4 Å². The Morgan fingerprint density at radius 2 is 2.07 bits per heavy atom. The molecule has 82 valence electrons. The summed E-state index contributed by atoms with van der Waals surface area (Å²) < 4.78 is 4.78. The van der Waals surface area contributed by atoms with Crippen molar-refractivity contribution in [1.82, 2.24) is 5.32 Å². The predicted molar refractivity (Wildman–Crippen MR) is 60.1 cm³/mol. The zero-order valence-corrected chi connectivity index (χ0v) is 9.56. The van der Waals surface area contributed by atoms with E-state index >= 15 is 0 Å². The lowest BCUT2D eigenvalue weighted by atomic mass is 9.99. The smallest absolute Gasteiger partial charge is 0.405 e. The quantitative estimate of drug-likeness (QED) is 0.445. The van der Waals surface area contributed by atoms with Crippen LogP contribution in [0.4, 0.5) is 4.79 Å². The maximum atomic E-state index is 10.6. The fraction of sp³-hybridized carbons (Fsp3) is 0.875. The molecule has 14 heavy (non-hydrogen) atoms. The lowest BCUT2D eigenvalue weighted by Gasteiger charge is -2.29. The summed E-state index contributed by atoms with van der Waals surface area (Å²) in [4.78, 5) is 10.6. The van der Waals surface area contributed by atoms with Gasteiger partial charge in [0.05, 0.1) is 12.1 Å². The summed E-state index contributed by atoms with van der Waals surface area (Å²) in [6.45, 7) is 0.344. The van der Waals surface area contributed by atoms with Gasteiger partial charge in [0.25, 0.3) is 0 Å². The number of carbonyl (C=O) groups is 1. The Bertz CT molecular complexity index is 205. The first-order chi connectivity index (χ1) is 6.54. The monoisotopic (exact) mass is 237 g/mol. The van der Waals surface area contributed by atoms with Crippen LogP contribution in [0.5, 0.6) is 0 Å². The average Bonchev–Trinajstić information content (AvgIpc) is 2.49. The topological polar surface area (TPSA) is 58.6 Å². The molecule has 1 rings (SSSR count). The number of hydrogen-bond acceptors (Lipinski definition) is 4. The first kappa shape index (κ1) is 12.0. The summed E-state index contributed by atoms with van der Waals surface area (Å²) in [6.07, 6.45) is 2.73. The van der Waals surface area contributed by atoms with E-state index in [1.807, 2.05) is 0 Å². The van der Waals surface area contributed by atoms with Gasteiger partial charge in [-0.05, 0) is 12.8 Å². The van der Waals surface area contributed by atoms with Gasteiger partial charge in [-0.1, -0.05) is 12.8 Å². The molecule has 0 unspecified atom stereocenters. The second kappa shape index (κ2) is 5.14. The molecular formula is C8H15NO3S2. The highest BCUT2D eigenvalue weighted by Gasteiger charge is 2.35. The van der Waals surface area contributed by atoms with Gasteiger partial charge in [0.2, 0.25) is 0 Å². The van der Waals surface area contributed by atoms with Crippen molar-refractivity contribution in [3.8, 4) is 0 Å². The minimum atomic E-state index is -0.995. The van der Waals surface area contributed by atoms with E-state index in [4.69, 9.17) is 9.84 Å². The van der Waals surface area contributed by atoms with E-state index in [0.717, 1.165) is 25.7 Å². The number of nitrogens with one attached hydrogen (secondary N) is 1. The molecule has 6 heteroatoms. The molecule has 1 aliphatic rings. The van der Waals surface area contributed by atoms with Crippen LogP contribution in [0, 0.1) is 0 Å². The highest BCUT2D eigenvalue weighted by Crippen LogP contribution is 2.30. The van der Waals surface area contributed by atoms with Crippen LogP contribution in [0.25, 0.3) is 0 Å². The summed E-state index contributed by atoms with van der Waals surface area (Å²) in [7, 11) is 0. The molecule has 0 aromatic heterocycles. The third kappa shape index (κ3) is 3.59. The zero-order valence-electron chi connectivity index (χ0n) is 7.77. The number of carboxylic acid groups (broad SMARTS) is 1. The molecule has 0 saturated heterocycles. The molecule has 0 atom stereocenters. The van der Waals surface area contributed by atoms with Crippen LogP contribution in [-0.4, -0.2) is 28.1 Å². The van der Waals surface area contributed by atoms with Crippen molar-refractivity contribution in [3.63, 3.8) is 0 Å². The third-order valence-electron chi connectivity index (χ3n) is 2.44. The van der Waals surface area contributed by atoms with Crippen molar-refractivity contribution in [3.05, 3.63) is 0 Å². The highest BCUT2D eigenvalue weighted by molar-refractivity contribution is 7.98. The second-order valence-electron chi connectivity index (χ2n) is 3.55. The van der Waals surface area contributed by atoms with Crippen molar-refractivity contribution in [2.45, 2.75) is 36.0 Å². The maximum Gasteiger partial charge on any atom is 0.405 e. The Labute approximate surface area is 94.2 Å². The van der Waals surface area contributed by atoms with Gasteiger partial charge < -0.3 is 15.2 Å². The van der Waals surface area contributed by atoms with E-state index in [0.29, 0.717) is 6.61 Å². The van der Waals surface area contributed by atoms with Gasteiger partial charge in [0.1, 0.15) is 4.77 Å². The number of amides is 1. The third-order valence-corrected chi connectivity index (χ3v) is 2.74. The summed E-state index contributed by atoms with van der Waals surface area (Å²) in [6, 6.07) is 0. The Hall–Kier alpha value is -0.0700. The largest absolute Gasteiger partial charge is 0.465 e. The Balaban J connectivity index is 2.48. The minimum absolute atomic E-state index is 0.344. The first-order valence-corrected chi connectivity index (χ1v) is 5.56. The van der Waals surface area contributed by atoms with Crippen molar-refractivity contribution >= 4 is 31.4 Å². The summed E-state index contributed by atoms with van der Waals surface area (Å²) in [5, 5.41) is 11.2. The van der Waals surface area contributed by atoms with Crippen LogP contribution >= 0.6 is 25.3 Å². The van der Waals surface area contributed by atoms with Crippen LogP contribution in [0.3, 0.4) is 0 Å². The normalized spacial score (nSPS) is 19.9. The Morgan fingerprint density at radius 1 is 1.50 bits per heavy atom. The predicted octanol–water partition coefficient (Wildman–Crippen LogP) is 1.73. The molecule has 2 N–H and O–H groups in total. The van der Waals surface area contributed by atoms with E-state index in [9.17, 15) is 4.79 Å². The molecule has 0 aromatic carbocycles. The maximum absolute atomic E-state index is 10.6. The van der Waals surface area contributed by atoms with Gasteiger partial charge >= 0.3 is 6.09 Å². The highest BCUT2D eigenvalue weighted by atomic mass is 32.2. The van der Waals surface area contributed by atoms with E-state index in [1.54, 1.807) is 0 Å². The lowest BCUT2D eigenvalue weighted by molar-refractivity contribution is 0.0868. The molecule has 4 nitrogen and oxygen atoms in total. The average molecular weight is 237 g/mol. The van der Waals surface area contributed by atoms with Gasteiger partial charge in [0.15, 0.2) is 0 Å². The van der Waals surface area contributed by atoms with Crippen LogP contribution in [0.15, 0.2) is 0 Å². The van der Waals surface area contributed by atoms with Crippen molar-refractivity contribution in [1.29, 1.82) is 0 Å². The molecule has 1 aliphatic carbocycles. The molecule has 0 spiro atoms. The number of ether oxygens (including phenoxy) is 1. The Morgan fingerprint density at radius 3 is 2.50 bits per heavy atom. The molecule has 0 aromatic rings. The minimum Gasteiger partial charge on any atom is -0.465 e. The molecule has 0 radical (unpaired) electrons. The number of hydrogen-bond donors (Lipinski definition) is 4. The molecule has 1 saturated carbocycles. The number of rotatable bonds is 4. The van der Waals surface area contributed by atoms with Gasteiger partial charge in [0, 0.05) is 0 Å². The number of thiol groups is 2. The van der Waals surface area contributed by atoms with Crippen molar-refractivity contribution in [2.24, 2.45) is 0 Å². The lowest BCUT2D eigenvalue weighted by Crippen LogP contribution is -2.49. The molecule has 1 fully saturated rings. The van der Waals surface area contributed by atoms with E-state index in [1.165, 1.54) is 0 Å². The summed E-state index contributed by atoms with van der Waals surface area (Å²) in [5.74, 6) is 0. The van der Waals surface area contributed by atoms with Gasteiger partial charge in [-0.3, -0.25) is 0 Å². The molecular weight excluding hydrogens is 222 g/mol. The van der Waals surface area contributed by atoms with Gasteiger partial charge in [-0.25, -0.2) is 4.79 Å². The molecule has 1 amide bonds. The van der Waals surface area contributed by atoms with E-state index in [2.05, 4.69) is 30.6 Å². The summed E-state index contributed by atoms with van der Waals surface area (Å²) in [5.41, 5.74) is -0.421. The fourth-order valence-electron chi connectivity index (χ4n) is 1.82. The van der Waals surface area contributed by atoms with Crippen LogP contribution < -0.4 is 5.32 Å². The van der Waals surface area contributed by atoms with Gasteiger partial charge in [-0.2, -0.15) is 0 Å². The Kier molecular flexibility index (Phi) is 4.40. The van der Waals surface area contributed by atoms with Crippen LogP contribution in [0.1, 0.15) is 25.7 Å². The van der Waals surface area contributed by atoms with Crippen LogP contribution in [-0.2, 0) is 4.74 Å². The van der Waals surface area contributed by atoms with Crippen molar-refractivity contribution < 1.29 is 14.6 Å². The van der Waals surface area contributed by atoms with E-state index in [-0.39, 0.29) is 0 Å². The molecule has 0 bridgehead atoms. The first-order valence-electron chi connectivity index (χ1n) is 4.53. The van der Waals surface area contributed by atoms with Gasteiger partial charge in [-0.15, -0.1) is 25.3 Å². The molecule has 0 heterocycles. The SMILES string of the molecule is O=C(O)NC1(COC(S)S)CCCC1. The fourth-order valence-corrected chi connectivity index (χ4v) is 1.97. The summed E-state index contributed by atoms with van der Waals surface area (Å²) >= 11 is 7.93. The zero-order chi connectivity index (χ0) is 10.6. The second-order valence-corrected chi connectivity index (χ2v) is 4.90. The van der Waals surface area contributed by atoms with Crippen LogP contribution in [0.2, 0.25) is 0 Å². The molecule has 0 aliphatic heterocycles. The van der Waals surface area contributed by atoms with Crippen molar-refractivity contribution in [2.75, 3.05) is 6.61 Å².